The molecule has 2 heterocycles. The molecule has 1 amide bonds. The number of methoxy groups -OCH3 is 1. The summed E-state index contributed by atoms with van der Waals surface area (Å²) >= 11 is 6.13. The molecule has 2 aromatic rings. The van der Waals surface area contributed by atoms with Crippen LogP contribution < -0.4 is 4.90 Å². The van der Waals surface area contributed by atoms with Crippen LogP contribution in [0, 0.1) is 0 Å². The predicted molar refractivity (Wildman–Crippen MR) is 76.3 cm³/mol. The second-order valence-electron chi connectivity index (χ2n) is 4.03. The van der Waals surface area contributed by atoms with Crippen molar-refractivity contribution in [2.24, 2.45) is 0 Å². The van der Waals surface area contributed by atoms with Crippen LogP contribution in [-0.2, 0) is 9.53 Å². The zero-order valence-electron chi connectivity index (χ0n) is 11.3. The van der Waals surface area contributed by atoms with Crippen LogP contribution in [0.25, 0.3) is 5.69 Å². The van der Waals surface area contributed by atoms with Crippen LogP contribution >= 0.6 is 11.6 Å². The van der Waals surface area contributed by atoms with Gasteiger partial charge in [0.05, 0.1) is 18.1 Å². The number of nitrogens with zero attached hydrogens (tertiary/aromatic N) is 4. The average Bonchev–Trinajstić information content (AvgIpc) is 2.83. The molecule has 0 radical (unpaired) electrons. The Labute approximate surface area is 121 Å². The van der Waals surface area contributed by atoms with Gasteiger partial charge in [0.15, 0.2) is 5.15 Å². The minimum absolute atomic E-state index is 0.00222. The van der Waals surface area contributed by atoms with E-state index in [2.05, 4.69) is 10.1 Å². The van der Waals surface area contributed by atoms with Gasteiger partial charge in [-0.25, -0.2) is 4.68 Å². The van der Waals surface area contributed by atoms with E-state index in [-0.39, 0.29) is 17.7 Å². The molecule has 0 aliphatic rings. The number of anilines is 1. The smallest absolute Gasteiger partial charge is 0.253 e. The van der Waals surface area contributed by atoms with Gasteiger partial charge in [0.25, 0.3) is 5.91 Å². The van der Waals surface area contributed by atoms with Gasteiger partial charge in [0.2, 0.25) is 0 Å². The molecule has 2 rings (SSSR count). The van der Waals surface area contributed by atoms with Gasteiger partial charge in [0.1, 0.15) is 12.3 Å². The molecule has 6 nitrogen and oxygen atoms in total. The third kappa shape index (κ3) is 2.97. The molecule has 0 bridgehead atoms. The number of amides is 1. The number of pyridine rings is 1. The van der Waals surface area contributed by atoms with Crippen LogP contribution in [0.15, 0.2) is 30.7 Å². The molecule has 0 saturated carbocycles. The Morgan fingerprint density at radius 1 is 1.55 bits per heavy atom. The van der Waals surface area contributed by atoms with Gasteiger partial charge < -0.3 is 9.64 Å². The summed E-state index contributed by atoms with van der Waals surface area (Å²) in [7, 11) is 1.48. The van der Waals surface area contributed by atoms with Gasteiger partial charge in [-0.1, -0.05) is 11.6 Å². The van der Waals surface area contributed by atoms with E-state index in [1.54, 1.807) is 29.3 Å². The van der Waals surface area contributed by atoms with E-state index in [0.717, 1.165) is 5.69 Å². The van der Waals surface area contributed by atoms with Gasteiger partial charge in [0, 0.05) is 19.9 Å². The third-order valence-electron chi connectivity index (χ3n) is 2.74. The summed E-state index contributed by atoms with van der Waals surface area (Å²) in [5, 5.41) is 4.46. The number of likely N-dealkylation sites (N-methyl/N-ethyl adjacent to an activating group) is 1. The first-order valence-corrected chi connectivity index (χ1v) is 6.50. The van der Waals surface area contributed by atoms with Crippen molar-refractivity contribution < 1.29 is 9.53 Å². The van der Waals surface area contributed by atoms with Crippen molar-refractivity contribution in [1.82, 2.24) is 14.8 Å². The van der Waals surface area contributed by atoms with Gasteiger partial charge in [-0.15, -0.1) is 0 Å². The first-order valence-electron chi connectivity index (χ1n) is 6.12. The zero-order valence-corrected chi connectivity index (χ0v) is 12.0. The molecule has 0 saturated heterocycles. The van der Waals surface area contributed by atoms with Crippen LogP contribution in [0.4, 0.5) is 5.69 Å². The standard InChI is InChI=1S/C13H15ClN4O2/c1-3-17(12(19)9-20-2)11-8-18(16-13(11)14)10-5-4-6-15-7-10/h4-8H,3,9H2,1-2H3. The summed E-state index contributed by atoms with van der Waals surface area (Å²) in [5.74, 6) is -0.164. The van der Waals surface area contributed by atoms with Crippen molar-refractivity contribution in [1.29, 1.82) is 0 Å². The number of halogens is 1. The first-order chi connectivity index (χ1) is 9.67. The van der Waals surface area contributed by atoms with Crippen molar-refractivity contribution in [2.75, 3.05) is 25.2 Å². The van der Waals surface area contributed by atoms with E-state index < -0.39 is 0 Å². The van der Waals surface area contributed by atoms with Crippen molar-refractivity contribution in [2.45, 2.75) is 6.92 Å². The molecule has 0 N–H and O–H groups in total. The summed E-state index contributed by atoms with van der Waals surface area (Å²) < 4.78 is 6.46. The molecule has 7 heteroatoms. The summed E-state index contributed by atoms with van der Waals surface area (Å²) in [6.07, 6.45) is 5.05. The monoisotopic (exact) mass is 294 g/mol. The van der Waals surface area contributed by atoms with Crippen LogP contribution in [-0.4, -0.2) is 40.9 Å². The number of carbonyl (C=O) groups excluding carboxylic acids is 1. The van der Waals surface area contributed by atoms with E-state index in [9.17, 15) is 4.79 Å². The van der Waals surface area contributed by atoms with Crippen LogP contribution in [0.2, 0.25) is 5.15 Å². The summed E-state index contributed by atoms with van der Waals surface area (Å²) in [6, 6.07) is 3.66. The molecule has 0 aliphatic heterocycles. The number of ether oxygens (including phenoxy) is 1. The second-order valence-corrected chi connectivity index (χ2v) is 4.39. The molecule has 2 aromatic heterocycles. The Morgan fingerprint density at radius 2 is 2.35 bits per heavy atom. The average molecular weight is 295 g/mol. The molecule has 0 fully saturated rings. The largest absolute Gasteiger partial charge is 0.375 e. The Kier molecular flexibility index (Phi) is 4.70. The summed E-state index contributed by atoms with van der Waals surface area (Å²) in [6.45, 7) is 2.36. The molecular formula is C13H15ClN4O2. The Hall–Kier alpha value is -1.92. The van der Waals surface area contributed by atoms with E-state index in [4.69, 9.17) is 16.3 Å². The van der Waals surface area contributed by atoms with Gasteiger partial charge in [-0.3, -0.25) is 9.78 Å². The summed E-state index contributed by atoms with van der Waals surface area (Å²) in [5.41, 5.74) is 1.33. The highest BCUT2D eigenvalue weighted by Crippen LogP contribution is 2.25. The maximum atomic E-state index is 12.0. The normalized spacial score (nSPS) is 10.6. The first kappa shape index (κ1) is 14.5. The Bertz CT molecular complexity index is 585. The van der Waals surface area contributed by atoms with Crippen LogP contribution in [0.1, 0.15) is 6.92 Å². The topological polar surface area (TPSA) is 60.2 Å². The number of rotatable bonds is 5. The maximum Gasteiger partial charge on any atom is 0.253 e. The van der Waals surface area contributed by atoms with Gasteiger partial charge in [-0.2, -0.15) is 5.10 Å². The van der Waals surface area contributed by atoms with Gasteiger partial charge in [-0.05, 0) is 19.1 Å². The lowest BCUT2D eigenvalue weighted by molar-refractivity contribution is -0.122. The molecule has 0 atom stereocenters. The molecule has 0 spiro atoms. The quantitative estimate of drug-likeness (QED) is 0.845. The predicted octanol–water partition coefficient (Wildman–Crippen LogP) is 1.92. The van der Waals surface area contributed by atoms with Crippen molar-refractivity contribution in [3.8, 4) is 5.69 Å². The molecule has 0 unspecified atom stereocenters. The SMILES string of the molecule is CCN(C(=O)COC)c1cn(-c2cccnc2)nc1Cl. The van der Waals surface area contributed by atoms with Crippen LogP contribution in [0.5, 0.6) is 0 Å². The van der Waals surface area contributed by atoms with Crippen LogP contribution in [0.3, 0.4) is 0 Å². The molecule has 20 heavy (non-hydrogen) atoms. The highest BCUT2D eigenvalue weighted by molar-refractivity contribution is 6.32. The molecule has 0 aliphatic carbocycles. The molecular weight excluding hydrogens is 280 g/mol. The van der Waals surface area contributed by atoms with E-state index in [1.807, 2.05) is 13.0 Å². The number of carbonyl (C=O) groups is 1. The fourth-order valence-electron chi connectivity index (χ4n) is 1.83. The molecule has 0 aromatic carbocycles. The fourth-order valence-corrected chi connectivity index (χ4v) is 2.06. The lowest BCUT2D eigenvalue weighted by Crippen LogP contribution is -2.33. The lowest BCUT2D eigenvalue weighted by atomic mass is 10.4. The summed E-state index contributed by atoms with van der Waals surface area (Å²) in [4.78, 5) is 17.5. The number of hydrogen-bond donors (Lipinski definition) is 0. The Balaban J connectivity index is 2.33. The Morgan fingerprint density at radius 3 is 2.95 bits per heavy atom. The lowest BCUT2D eigenvalue weighted by Gasteiger charge is -2.18. The van der Waals surface area contributed by atoms with E-state index >= 15 is 0 Å². The van der Waals surface area contributed by atoms with Crippen molar-refractivity contribution in [3.63, 3.8) is 0 Å². The van der Waals surface area contributed by atoms with Crippen molar-refractivity contribution in [3.05, 3.63) is 35.9 Å². The highest BCUT2D eigenvalue weighted by Gasteiger charge is 2.19. The molecule has 106 valence electrons. The van der Waals surface area contributed by atoms with Gasteiger partial charge >= 0.3 is 0 Å². The minimum atomic E-state index is -0.164. The number of hydrogen-bond acceptors (Lipinski definition) is 4. The fraction of sp³-hybridized carbons (Fsp3) is 0.308. The highest BCUT2D eigenvalue weighted by atomic mass is 35.5. The zero-order chi connectivity index (χ0) is 14.5. The van der Waals surface area contributed by atoms with E-state index in [0.29, 0.717) is 12.2 Å². The number of aromatic nitrogens is 3. The maximum absolute atomic E-state index is 12.0. The second kappa shape index (κ2) is 6.49. The third-order valence-corrected chi connectivity index (χ3v) is 3.01. The van der Waals surface area contributed by atoms with E-state index in [1.165, 1.54) is 12.0 Å². The minimum Gasteiger partial charge on any atom is -0.375 e. The van der Waals surface area contributed by atoms with Crippen molar-refractivity contribution >= 4 is 23.2 Å².